The van der Waals surface area contributed by atoms with Gasteiger partial charge in [0.2, 0.25) is 0 Å². The molecule has 0 aliphatic carbocycles. The number of halogens is 1. The van der Waals surface area contributed by atoms with E-state index in [9.17, 15) is 4.39 Å². The Labute approximate surface area is 182 Å². The Morgan fingerprint density at radius 2 is 1.78 bits per heavy atom. The summed E-state index contributed by atoms with van der Waals surface area (Å²) in [6.45, 7) is 1.96. The highest BCUT2D eigenvalue weighted by atomic mass is 19.1. The first-order valence-corrected chi connectivity index (χ1v) is 10.3. The Morgan fingerprint density at radius 1 is 0.906 bits per heavy atom. The second kappa shape index (κ2) is 6.88. The quantitative estimate of drug-likeness (QED) is 0.389. The molecule has 156 valence electrons. The van der Waals surface area contributed by atoms with Gasteiger partial charge in [-0.2, -0.15) is 5.10 Å². The molecule has 6 aromatic rings. The molecular formula is C25H19FN6. The Hall–Kier alpha value is -4.26. The lowest BCUT2D eigenvalue weighted by molar-refractivity contribution is 0.628. The summed E-state index contributed by atoms with van der Waals surface area (Å²) in [5.74, 6) is 0.675. The Bertz CT molecular complexity index is 1620. The van der Waals surface area contributed by atoms with Gasteiger partial charge in [0.1, 0.15) is 17.3 Å². The zero-order chi connectivity index (χ0) is 21.8. The summed E-state index contributed by atoms with van der Waals surface area (Å²) in [4.78, 5) is 12.4. The van der Waals surface area contributed by atoms with E-state index >= 15 is 0 Å². The van der Waals surface area contributed by atoms with Gasteiger partial charge in [-0.05, 0) is 48.4 Å². The maximum atomic E-state index is 13.8. The van der Waals surface area contributed by atoms with Gasteiger partial charge in [-0.1, -0.05) is 24.3 Å². The van der Waals surface area contributed by atoms with Crippen LogP contribution in [0.3, 0.4) is 0 Å². The molecule has 0 unspecified atom stereocenters. The first-order valence-electron chi connectivity index (χ1n) is 10.3. The predicted octanol–water partition coefficient (Wildman–Crippen LogP) is 5.62. The average molecular weight is 422 g/mol. The molecule has 0 atom stereocenters. The second-order valence-corrected chi connectivity index (χ2v) is 7.90. The lowest BCUT2D eigenvalue weighted by Gasteiger charge is -2.03. The minimum atomic E-state index is -0.251. The third-order valence-corrected chi connectivity index (χ3v) is 5.98. The summed E-state index contributed by atoms with van der Waals surface area (Å²) in [7, 11) is 1.98. The van der Waals surface area contributed by atoms with Gasteiger partial charge in [0, 0.05) is 23.3 Å². The summed E-state index contributed by atoms with van der Waals surface area (Å²) in [6.07, 6.45) is 3.63. The number of aromatic nitrogens is 6. The molecule has 0 fully saturated rings. The number of rotatable bonds is 3. The number of aryl methyl sites for hydroxylation is 1. The van der Waals surface area contributed by atoms with Crippen molar-refractivity contribution in [2.24, 2.45) is 7.05 Å². The second-order valence-electron chi connectivity index (χ2n) is 7.90. The average Bonchev–Trinajstić information content (AvgIpc) is 3.50. The Balaban J connectivity index is 1.52. The minimum absolute atomic E-state index is 0.251. The van der Waals surface area contributed by atoms with E-state index in [0.29, 0.717) is 0 Å². The van der Waals surface area contributed by atoms with Crippen molar-refractivity contribution >= 4 is 21.8 Å². The molecule has 2 N–H and O–H groups in total. The van der Waals surface area contributed by atoms with Crippen LogP contribution in [-0.4, -0.2) is 29.7 Å². The zero-order valence-electron chi connectivity index (χ0n) is 17.5. The molecule has 0 spiro atoms. The third kappa shape index (κ3) is 2.82. The molecule has 4 heterocycles. The van der Waals surface area contributed by atoms with E-state index in [0.717, 1.165) is 61.5 Å². The molecule has 6 nitrogen and oxygen atoms in total. The number of pyridine rings is 1. The topological polar surface area (TPSA) is 75.2 Å². The summed E-state index contributed by atoms with van der Waals surface area (Å²) in [6, 6.07) is 16.7. The number of nitrogens with zero attached hydrogens (tertiary/aromatic N) is 4. The number of hydrogen-bond donors (Lipinski definition) is 2. The lowest BCUT2D eigenvalue weighted by Crippen LogP contribution is -1.95. The van der Waals surface area contributed by atoms with Crippen molar-refractivity contribution in [2.45, 2.75) is 6.92 Å². The molecule has 2 aromatic carbocycles. The number of benzene rings is 2. The zero-order valence-corrected chi connectivity index (χ0v) is 17.5. The van der Waals surface area contributed by atoms with E-state index in [1.165, 1.54) is 6.07 Å². The van der Waals surface area contributed by atoms with E-state index in [1.807, 2.05) is 55.1 Å². The van der Waals surface area contributed by atoms with E-state index in [-0.39, 0.29) is 5.82 Å². The molecule has 0 amide bonds. The third-order valence-electron chi connectivity index (χ3n) is 5.98. The Kier molecular flexibility index (Phi) is 3.98. The van der Waals surface area contributed by atoms with Gasteiger partial charge in [0.05, 0.1) is 35.0 Å². The number of H-pyrrole nitrogens is 2. The standard InChI is InChI=1S/C25H19FN6/c1-14-27-13-24(32(14)2)21-11-19-23(12-28-21)30-31-25(19)22-10-18-17(7-4-8-20(18)29-22)15-5-3-6-16(26)9-15/h3-13,29H,1-2H3,(H,30,31). The number of aromatic amines is 2. The van der Waals surface area contributed by atoms with Gasteiger partial charge in [-0.3, -0.25) is 10.1 Å². The van der Waals surface area contributed by atoms with Crippen LogP contribution in [0.4, 0.5) is 4.39 Å². The fourth-order valence-corrected chi connectivity index (χ4v) is 4.19. The summed E-state index contributed by atoms with van der Waals surface area (Å²) in [5.41, 5.74) is 7.10. The molecule has 0 saturated heterocycles. The largest absolute Gasteiger partial charge is 0.353 e. The van der Waals surface area contributed by atoms with Gasteiger partial charge in [0.25, 0.3) is 0 Å². The van der Waals surface area contributed by atoms with Crippen LogP contribution in [0.15, 0.2) is 67.0 Å². The fourth-order valence-electron chi connectivity index (χ4n) is 4.19. The molecule has 32 heavy (non-hydrogen) atoms. The van der Waals surface area contributed by atoms with Crippen LogP contribution < -0.4 is 0 Å². The molecule has 0 bridgehead atoms. The number of imidazole rings is 1. The van der Waals surface area contributed by atoms with Crippen LogP contribution in [-0.2, 0) is 7.05 Å². The molecule has 7 heteroatoms. The molecule has 0 aliphatic heterocycles. The van der Waals surface area contributed by atoms with Gasteiger partial charge in [-0.25, -0.2) is 9.37 Å². The van der Waals surface area contributed by atoms with Gasteiger partial charge >= 0.3 is 0 Å². The van der Waals surface area contributed by atoms with E-state index < -0.39 is 0 Å². The van der Waals surface area contributed by atoms with Crippen LogP contribution in [0, 0.1) is 12.7 Å². The first kappa shape index (κ1) is 18.5. The smallest absolute Gasteiger partial charge is 0.123 e. The number of fused-ring (bicyclic) bond motifs is 2. The number of hydrogen-bond acceptors (Lipinski definition) is 3. The molecule has 4 aromatic heterocycles. The predicted molar refractivity (Wildman–Crippen MR) is 124 cm³/mol. The van der Waals surface area contributed by atoms with E-state index in [2.05, 4.69) is 31.2 Å². The van der Waals surface area contributed by atoms with Crippen molar-refractivity contribution in [1.82, 2.24) is 29.7 Å². The molecule has 0 saturated carbocycles. The van der Waals surface area contributed by atoms with Crippen LogP contribution in [0.2, 0.25) is 0 Å². The molecule has 6 rings (SSSR count). The van der Waals surface area contributed by atoms with Gasteiger partial charge in [0.15, 0.2) is 0 Å². The highest BCUT2D eigenvalue weighted by Gasteiger charge is 2.16. The molecule has 0 aliphatic rings. The van der Waals surface area contributed by atoms with Crippen LogP contribution in [0.5, 0.6) is 0 Å². The van der Waals surface area contributed by atoms with Crippen molar-refractivity contribution in [3.8, 4) is 33.9 Å². The molecule has 0 radical (unpaired) electrons. The maximum Gasteiger partial charge on any atom is 0.123 e. The molecular weight excluding hydrogens is 403 g/mol. The SMILES string of the molecule is Cc1ncc(-c2cc3c(-c4cc5c(-c6cccc(F)c6)cccc5[nH]4)n[nH]c3cn2)n1C. The van der Waals surface area contributed by atoms with Gasteiger partial charge in [-0.15, -0.1) is 0 Å². The highest BCUT2D eigenvalue weighted by Crippen LogP contribution is 2.35. The highest BCUT2D eigenvalue weighted by molar-refractivity contribution is 6.01. The normalized spacial score (nSPS) is 11.6. The van der Waals surface area contributed by atoms with Crippen molar-refractivity contribution in [3.05, 3.63) is 78.6 Å². The van der Waals surface area contributed by atoms with Crippen LogP contribution in [0.1, 0.15) is 5.82 Å². The summed E-state index contributed by atoms with van der Waals surface area (Å²) in [5, 5.41) is 9.62. The summed E-state index contributed by atoms with van der Waals surface area (Å²) >= 11 is 0. The Morgan fingerprint density at radius 3 is 2.59 bits per heavy atom. The van der Waals surface area contributed by atoms with Crippen LogP contribution >= 0.6 is 0 Å². The van der Waals surface area contributed by atoms with Gasteiger partial charge < -0.3 is 9.55 Å². The van der Waals surface area contributed by atoms with Crippen LogP contribution in [0.25, 0.3) is 55.7 Å². The van der Waals surface area contributed by atoms with Crippen molar-refractivity contribution < 1.29 is 4.39 Å². The van der Waals surface area contributed by atoms with Crippen molar-refractivity contribution in [3.63, 3.8) is 0 Å². The minimum Gasteiger partial charge on any atom is -0.353 e. The van der Waals surface area contributed by atoms with Crippen molar-refractivity contribution in [1.29, 1.82) is 0 Å². The fraction of sp³-hybridized carbons (Fsp3) is 0.0800. The lowest BCUT2D eigenvalue weighted by atomic mass is 10.0. The van der Waals surface area contributed by atoms with E-state index in [1.54, 1.807) is 18.3 Å². The summed E-state index contributed by atoms with van der Waals surface area (Å²) < 4.78 is 15.8. The first-order chi connectivity index (χ1) is 15.6. The monoisotopic (exact) mass is 422 g/mol. The maximum absolute atomic E-state index is 13.8. The van der Waals surface area contributed by atoms with E-state index in [4.69, 9.17) is 0 Å². The van der Waals surface area contributed by atoms with Crippen molar-refractivity contribution in [2.75, 3.05) is 0 Å². The number of nitrogens with one attached hydrogen (secondary N) is 2.